The molecule has 1 aliphatic heterocycles. The SMILES string of the molecule is O=C1CC(c2ccccc2)N(Cc2nc3c(cnn3-c3ccccc3)c(=O)[nH]2)CCN1. The van der Waals surface area contributed by atoms with Crippen molar-refractivity contribution >= 4 is 16.9 Å². The Morgan fingerprint density at radius 1 is 1.00 bits per heavy atom. The van der Waals surface area contributed by atoms with Crippen LogP contribution >= 0.6 is 0 Å². The van der Waals surface area contributed by atoms with E-state index in [9.17, 15) is 9.59 Å². The molecule has 2 aromatic carbocycles. The smallest absolute Gasteiger partial charge is 0.262 e. The maximum atomic E-state index is 12.7. The zero-order chi connectivity index (χ0) is 21.2. The van der Waals surface area contributed by atoms with Gasteiger partial charge in [-0.25, -0.2) is 9.67 Å². The van der Waals surface area contributed by atoms with E-state index in [1.165, 1.54) is 0 Å². The van der Waals surface area contributed by atoms with Gasteiger partial charge in [0.05, 0.1) is 18.4 Å². The molecule has 1 atom stereocenters. The summed E-state index contributed by atoms with van der Waals surface area (Å²) >= 11 is 0. The average Bonchev–Trinajstić information content (AvgIpc) is 3.14. The van der Waals surface area contributed by atoms with Gasteiger partial charge < -0.3 is 10.3 Å². The third kappa shape index (κ3) is 3.85. The van der Waals surface area contributed by atoms with Crippen LogP contribution in [-0.2, 0) is 11.3 Å². The molecule has 0 aliphatic carbocycles. The van der Waals surface area contributed by atoms with Crippen molar-refractivity contribution in [1.29, 1.82) is 0 Å². The number of aromatic nitrogens is 4. The highest BCUT2D eigenvalue weighted by atomic mass is 16.1. The molecule has 1 fully saturated rings. The summed E-state index contributed by atoms with van der Waals surface area (Å²) < 4.78 is 1.68. The molecule has 1 amide bonds. The van der Waals surface area contributed by atoms with E-state index in [1.807, 2.05) is 60.7 Å². The number of hydrogen-bond acceptors (Lipinski definition) is 5. The van der Waals surface area contributed by atoms with Crippen molar-refractivity contribution in [2.24, 2.45) is 0 Å². The molecule has 31 heavy (non-hydrogen) atoms. The normalized spacial score (nSPS) is 17.4. The van der Waals surface area contributed by atoms with Gasteiger partial charge in [-0.15, -0.1) is 0 Å². The lowest BCUT2D eigenvalue weighted by molar-refractivity contribution is -0.121. The number of fused-ring (bicyclic) bond motifs is 1. The topological polar surface area (TPSA) is 95.9 Å². The van der Waals surface area contributed by atoms with Gasteiger partial charge in [0.25, 0.3) is 5.56 Å². The first-order chi connectivity index (χ1) is 15.2. The number of rotatable bonds is 4. The van der Waals surface area contributed by atoms with Crippen LogP contribution in [0.5, 0.6) is 0 Å². The van der Waals surface area contributed by atoms with Gasteiger partial charge in [0, 0.05) is 25.6 Å². The molecule has 4 aromatic rings. The Bertz CT molecular complexity index is 1270. The Balaban J connectivity index is 1.53. The van der Waals surface area contributed by atoms with E-state index in [4.69, 9.17) is 4.98 Å². The van der Waals surface area contributed by atoms with Gasteiger partial charge in [-0.05, 0) is 17.7 Å². The van der Waals surface area contributed by atoms with E-state index < -0.39 is 0 Å². The number of carbonyl (C=O) groups is 1. The highest BCUT2D eigenvalue weighted by molar-refractivity contribution is 5.77. The molecular weight excluding hydrogens is 392 g/mol. The first kappa shape index (κ1) is 19.2. The monoisotopic (exact) mass is 414 g/mol. The fraction of sp³-hybridized carbons (Fsp3) is 0.217. The molecule has 8 nitrogen and oxygen atoms in total. The predicted octanol–water partition coefficient (Wildman–Crippen LogP) is 2.17. The van der Waals surface area contributed by atoms with E-state index >= 15 is 0 Å². The number of nitrogens with zero attached hydrogens (tertiary/aromatic N) is 4. The summed E-state index contributed by atoms with van der Waals surface area (Å²) in [5.41, 5.74) is 2.21. The number of H-pyrrole nitrogens is 1. The zero-order valence-electron chi connectivity index (χ0n) is 16.9. The van der Waals surface area contributed by atoms with Crippen LogP contribution in [0.4, 0.5) is 0 Å². The minimum atomic E-state index is -0.220. The second-order valence-corrected chi connectivity index (χ2v) is 7.59. The fourth-order valence-corrected chi connectivity index (χ4v) is 4.05. The molecule has 0 bridgehead atoms. The molecule has 0 saturated carbocycles. The predicted molar refractivity (Wildman–Crippen MR) is 117 cm³/mol. The Morgan fingerprint density at radius 3 is 2.52 bits per heavy atom. The highest BCUT2D eigenvalue weighted by Gasteiger charge is 2.27. The second-order valence-electron chi connectivity index (χ2n) is 7.59. The van der Waals surface area contributed by atoms with Crippen molar-refractivity contribution in [1.82, 2.24) is 30.0 Å². The third-order valence-electron chi connectivity index (χ3n) is 5.57. The highest BCUT2D eigenvalue weighted by Crippen LogP contribution is 2.27. The van der Waals surface area contributed by atoms with Gasteiger partial charge >= 0.3 is 0 Å². The number of hydrogen-bond donors (Lipinski definition) is 2. The molecule has 1 saturated heterocycles. The van der Waals surface area contributed by atoms with Crippen molar-refractivity contribution in [3.05, 3.63) is 88.6 Å². The quantitative estimate of drug-likeness (QED) is 0.534. The fourth-order valence-electron chi connectivity index (χ4n) is 4.05. The van der Waals surface area contributed by atoms with Crippen molar-refractivity contribution in [3.63, 3.8) is 0 Å². The summed E-state index contributed by atoms with van der Waals surface area (Å²) in [6.07, 6.45) is 1.90. The Labute approximate surface area is 178 Å². The maximum absolute atomic E-state index is 12.7. The lowest BCUT2D eigenvalue weighted by atomic mass is 10.0. The van der Waals surface area contributed by atoms with E-state index in [-0.39, 0.29) is 17.5 Å². The summed E-state index contributed by atoms with van der Waals surface area (Å²) in [5.74, 6) is 0.570. The lowest BCUT2D eigenvalue weighted by Gasteiger charge is -2.28. The number of aromatic amines is 1. The Morgan fingerprint density at radius 2 is 1.74 bits per heavy atom. The summed E-state index contributed by atoms with van der Waals surface area (Å²) in [5, 5.41) is 7.75. The van der Waals surface area contributed by atoms with Gasteiger partial charge in [0.15, 0.2) is 5.65 Å². The Kier molecular flexibility index (Phi) is 5.05. The number of carbonyl (C=O) groups excluding carboxylic acids is 1. The molecule has 3 heterocycles. The molecule has 2 aromatic heterocycles. The van der Waals surface area contributed by atoms with Crippen LogP contribution in [0.1, 0.15) is 23.9 Å². The lowest BCUT2D eigenvalue weighted by Crippen LogP contribution is -2.32. The van der Waals surface area contributed by atoms with Crippen LogP contribution < -0.4 is 10.9 Å². The van der Waals surface area contributed by atoms with Crippen LogP contribution in [0.3, 0.4) is 0 Å². The van der Waals surface area contributed by atoms with Gasteiger partial charge in [-0.1, -0.05) is 48.5 Å². The minimum Gasteiger partial charge on any atom is -0.355 e. The van der Waals surface area contributed by atoms with E-state index in [0.29, 0.717) is 42.9 Å². The van der Waals surface area contributed by atoms with E-state index in [1.54, 1.807) is 10.9 Å². The van der Waals surface area contributed by atoms with E-state index in [0.717, 1.165) is 11.3 Å². The number of nitrogens with one attached hydrogen (secondary N) is 2. The van der Waals surface area contributed by atoms with Gasteiger partial charge in [-0.2, -0.15) is 5.10 Å². The molecule has 8 heteroatoms. The van der Waals surface area contributed by atoms with Crippen LogP contribution in [0.25, 0.3) is 16.7 Å². The molecule has 2 N–H and O–H groups in total. The van der Waals surface area contributed by atoms with E-state index in [2.05, 4.69) is 20.3 Å². The summed E-state index contributed by atoms with van der Waals surface area (Å²) in [4.78, 5) is 34.8. The molecule has 5 rings (SSSR count). The molecule has 0 spiro atoms. The van der Waals surface area contributed by atoms with Crippen LogP contribution in [0.2, 0.25) is 0 Å². The standard InChI is InChI=1S/C23H22N6O2/c30-21-13-19(16-7-3-1-4-8-16)28(12-11-24-21)15-20-26-22-18(23(31)27-20)14-25-29(22)17-9-5-2-6-10-17/h1-10,14,19H,11-13,15H2,(H,24,30)(H,26,27,31). The minimum absolute atomic E-state index is 0.0235. The van der Waals surface area contributed by atoms with Crippen LogP contribution in [0.15, 0.2) is 71.7 Å². The summed E-state index contributed by atoms with van der Waals surface area (Å²) in [6, 6.07) is 19.5. The molecule has 1 aliphatic rings. The van der Waals surface area contributed by atoms with Gasteiger partial charge in [0.2, 0.25) is 5.91 Å². The summed E-state index contributed by atoms with van der Waals surface area (Å²) in [6.45, 7) is 1.63. The first-order valence-electron chi connectivity index (χ1n) is 10.3. The first-order valence-corrected chi connectivity index (χ1v) is 10.3. The largest absolute Gasteiger partial charge is 0.355 e. The molecule has 156 valence electrons. The maximum Gasteiger partial charge on any atom is 0.262 e. The van der Waals surface area contributed by atoms with Crippen LogP contribution in [-0.4, -0.2) is 43.6 Å². The molecular formula is C23H22N6O2. The summed E-state index contributed by atoms with van der Waals surface area (Å²) in [7, 11) is 0. The number of amides is 1. The molecule has 0 radical (unpaired) electrons. The Hall–Kier alpha value is -3.78. The van der Waals surface area contributed by atoms with Crippen molar-refractivity contribution < 1.29 is 4.79 Å². The zero-order valence-corrected chi connectivity index (χ0v) is 16.9. The third-order valence-corrected chi connectivity index (χ3v) is 5.57. The van der Waals surface area contributed by atoms with Gasteiger partial charge in [0.1, 0.15) is 11.2 Å². The van der Waals surface area contributed by atoms with Crippen LogP contribution in [0, 0.1) is 0 Å². The van der Waals surface area contributed by atoms with Crippen molar-refractivity contribution in [3.8, 4) is 5.69 Å². The number of benzene rings is 2. The van der Waals surface area contributed by atoms with Crippen molar-refractivity contribution in [2.45, 2.75) is 19.0 Å². The van der Waals surface area contributed by atoms with Gasteiger partial charge in [-0.3, -0.25) is 14.5 Å². The van der Waals surface area contributed by atoms with Crippen molar-refractivity contribution in [2.75, 3.05) is 13.1 Å². The number of para-hydroxylation sites is 1. The second kappa shape index (κ2) is 8.16. The molecule has 1 unspecified atom stereocenters. The average molecular weight is 414 g/mol.